The van der Waals surface area contributed by atoms with Crippen molar-refractivity contribution in [3.8, 4) is 5.88 Å². The van der Waals surface area contributed by atoms with Gasteiger partial charge in [0.15, 0.2) is 5.65 Å². The van der Waals surface area contributed by atoms with Gasteiger partial charge in [-0.2, -0.15) is 4.98 Å². The summed E-state index contributed by atoms with van der Waals surface area (Å²) in [6.07, 6.45) is 5.43. The molecule has 1 unspecified atom stereocenters. The van der Waals surface area contributed by atoms with Crippen LogP contribution in [0.4, 0.5) is 0 Å². The molecule has 4 rings (SSSR count). The van der Waals surface area contributed by atoms with E-state index in [9.17, 15) is 0 Å². The number of rotatable bonds is 5. The monoisotopic (exact) mass is 305 g/mol. The van der Waals surface area contributed by atoms with Gasteiger partial charge in [0.2, 0.25) is 5.88 Å². The van der Waals surface area contributed by atoms with Gasteiger partial charge < -0.3 is 9.30 Å². The van der Waals surface area contributed by atoms with Crippen LogP contribution in [0.3, 0.4) is 0 Å². The lowest BCUT2D eigenvalue weighted by Crippen LogP contribution is -2.16. The number of pyridine rings is 1. The Hall–Kier alpha value is -1.29. The van der Waals surface area contributed by atoms with Crippen molar-refractivity contribution < 1.29 is 4.74 Å². The number of halogens is 1. The normalized spacial score (nSPS) is 21.5. The first kappa shape index (κ1) is 13.4. The smallest absolute Gasteiger partial charge is 0.215 e. The Bertz CT molecular complexity index is 686. The maximum absolute atomic E-state index is 6.36. The molecule has 0 amide bonds. The molecule has 2 saturated carbocycles. The summed E-state index contributed by atoms with van der Waals surface area (Å²) >= 11 is 6.36. The molecule has 0 spiro atoms. The Balaban J connectivity index is 1.81. The van der Waals surface area contributed by atoms with Crippen LogP contribution in [-0.4, -0.2) is 21.6 Å². The summed E-state index contributed by atoms with van der Waals surface area (Å²) in [4.78, 5) is 9.30. The second-order valence-electron chi connectivity index (χ2n) is 6.51. The summed E-state index contributed by atoms with van der Waals surface area (Å²) in [7, 11) is 1.65. The van der Waals surface area contributed by atoms with Crippen molar-refractivity contribution in [1.82, 2.24) is 14.5 Å². The molecule has 21 heavy (non-hydrogen) atoms. The van der Waals surface area contributed by atoms with E-state index in [1.807, 2.05) is 19.1 Å². The van der Waals surface area contributed by atoms with Gasteiger partial charge in [-0.15, -0.1) is 11.6 Å². The Morgan fingerprint density at radius 1 is 1.38 bits per heavy atom. The fourth-order valence-electron chi connectivity index (χ4n) is 3.44. The minimum atomic E-state index is -0.111. The van der Waals surface area contributed by atoms with Crippen molar-refractivity contribution in [2.75, 3.05) is 7.11 Å². The van der Waals surface area contributed by atoms with Crippen LogP contribution in [0.2, 0.25) is 0 Å². The van der Waals surface area contributed by atoms with Gasteiger partial charge in [-0.25, -0.2) is 4.98 Å². The SMILES string of the molecule is COc1ccc2nc(C(C)Cl)n(CC3(C4CC4)CC3)c2n1. The van der Waals surface area contributed by atoms with Crippen molar-refractivity contribution in [2.24, 2.45) is 11.3 Å². The summed E-state index contributed by atoms with van der Waals surface area (Å²) in [6.45, 7) is 2.98. The van der Waals surface area contributed by atoms with Gasteiger partial charge >= 0.3 is 0 Å². The molecule has 1 atom stereocenters. The molecule has 4 nitrogen and oxygen atoms in total. The predicted molar refractivity (Wildman–Crippen MR) is 82.7 cm³/mol. The van der Waals surface area contributed by atoms with E-state index in [-0.39, 0.29) is 5.38 Å². The van der Waals surface area contributed by atoms with Crippen molar-refractivity contribution in [1.29, 1.82) is 0 Å². The standard InChI is InChI=1S/C16H20ClN3O/c1-10(17)14-18-12-5-6-13(21-2)19-15(12)20(14)9-16(7-8-16)11-3-4-11/h5-6,10-11H,3-4,7-9H2,1-2H3. The van der Waals surface area contributed by atoms with E-state index >= 15 is 0 Å². The zero-order valence-electron chi connectivity index (χ0n) is 12.5. The van der Waals surface area contributed by atoms with Gasteiger partial charge in [-0.05, 0) is 50.0 Å². The molecule has 112 valence electrons. The highest BCUT2D eigenvalue weighted by Crippen LogP contribution is 2.62. The van der Waals surface area contributed by atoms with E-state index in [0.29, 0.717) is 11.3 Å². The first-order chi connectivity index (χ1) is 10.1. The number of aromatic nitrogens is 3. The lowest BCUT2D eigenvalue weighted by Gasteiger charge is -2.18. The topological polar surface area (TPSA) is 39.9 Å². The lowest BCUT2D eigenvalue weighted by atomic mass is 10.0. The number of methoxy groups -OCH3 is 1. The Morgan fingerprint density at radius 3 is 2.71 bits per heavy atom. The number of hydrogen-bond donors (Lipinski definition) is 0. The van der Waals surface area contributed by atoms with Crippen molar-refractivity contribution in [2.45, 2.75) is 44.5 Å². The molecule has 2 heterocycles. The van der Waals surface area contributed by atoms with E-state index in [2.05, 4.69) is 9.55 Å². The molecule has 0 aromatic carbocycles. The minimum Gasteiger partial charge on any atom is -0.481 e. The average Bonchev–Trinajstić information content (AvgIpc) is 3.36. The van der Waals surface area contributed by atoms with E-state index < -0.39 is 0 Å². The molecule has 2 aromatic rings. The van der Waals surface area contributed by atoms with Gasteiger partial charge in [0.25, 0.3) is 0 Å². The highest BCUT2D eigenvalue weighted by atomic mass is 35.5. The first-order valence-electron chi connectivity index (χ1n) is 7.68. The minimum absolute atomic E-state index is 0.111. The van der Waals surface area contributed by atoms with Crippen LogP contribution >= 0.6 is 11.6 Å². The molecule has 2 aliphatic rings. The quantitative estimate of drug-likeness (QED) is 0.786. The summed E-state index contributed by atoms with van der Waals surface area (Å²) in [6, 6.07) is 3.83. The first-order valence-corrected chi connectivity index (χ1v) is 8.12. The van der Waals surface area contributed by atoms with Crippen molar-refractivity contribution in [3.05, 3.63) is 18.0 Å². The molecule has 2 fully saturated rings. The van der Waals surface area contributed by atoms with E-state index in [1.54, 1.807) is 7.11 Å². The number of alkyl halides is 1. The van der Waals surface area contributed by atoms with Gasteiger partial charge in [0.05, 0.1) is 12.5 Å². The zero-order valence-corrected chi connectivity index (χ0v) is 13.2. The van der Waals surface area contributed by atoms with Gasteiger partial charge in [-0.1, -0.05) is 0 Å². The van der Waals surface area contributed by atoms with Crippen LogP contribution in [-0.2, 0) is 6.54 Å². The number of imidazole rings is 1. The van der Waals surface area contributed by atoms with Gasteiger partial charge in [0, 0.05) is 12.6 Å². The van der Waals surface area contributed by atoms with Crippen LogP contribution in [0.1, 0.15) is 43.8 Å². The number of fused-ring (bicyclic) bond motifs is 1. The summed E-state index contributed by atoms with van der Waals surface area (Å²) in [5.41, 5.74) is 2.30. The fourth-order valence-corrected chi connectivity index (χ4v) is 3.61. The number of hydrogen-bond acceptors (Lipinski definition) is 3. The maximum atomic E-state index is 6.36. The highest BCUT2D eigenvalue weighted by Gasteiger charge is 2.54. The zero-order chi connectivity index (χ0) is 14.6. The van der Waals surface area contributed by atoms with Gasteiger partial charge in [0.1, 0.15) is 11.3 Å². The molecule has 0 bridgehead atoms. The predicted octanol–water partition coefficient (Wildman–Crippen LogP) is 3.93. The largest absolute Gasteiger partial charge is 0.481 e. The maximum Gasteiger partial charge on any atom is 0.215 e. The third-order valence-corrected chi connectivity index (χ3v) is 5.16. The molecular formula is C16H20ClN3O. The molecule has 0 N–H and O–H groups in total. The van der Waals surface area contributed by atoms with Crippen LogP contribution in [0, 0.1) is 11.3 Å². The van der Waals surface area contributed by atoms with E-state index in [1.165, 1.54) is 25.7 Å². The summed E-state index contributed by atoms with van der Waals surface area (Å²) < 4.78 is 7.50. The Morgan fingerprint density at radius 2 is 2.14 bits per heavy atom. The average molecular weight is 306 g/mol. The molecule has 0 aliphatic heterocycles. The third kappa shape index (κ3) is 2.20. The molecule has 0 saturated heterocycles. The molecule has 2 aromatic heterocycles. The number of nitrogens with zero attached hydrogens (tertiary/aromatic N) is 3. The van der Waals surface area contributed by atoms with Crippen molar-refractivity contribution >= 4 is 22.8 Å². The second kappa shape index (κ2) is 4.60. The highest BCUT2D eigenvalue weighted by molar-refractivity contribution is 6.20. The lowest BCUT2D eigenvalue weighted by molar-refractivity contribution is 0.366. The Kier molecular flexibility index (Phi) is 2.93. The second-order valence-corrected chi connectivity index (χ2v) is 7.16. The molecular weight excluding hydrogens is 286 g/mol. The molecule has 2 aliphatic carbocycles. The molecule has 0 radical (unpaired) electrons. The van der Waals surface area contributed by atoms with Crippen LogP contribution in [0.5, 0.6) is 5.88 Å². The van der Waals surface area contributed by atoms with Gasteiger partial charge in [-0.3, -0.25) is 0 Å². The fraction of sp³-hybridized carbons (Fsp3) is 0.625. The van der Waals surface area contributed by atoms with Crippen LogP contribution in [0.25, 0.3) is 11.2 Å². The summed E-state index contributed by atoms with van der Waals surface area (Å²) in [5, 5.41) is -0.111. The van der Waals surface area contributed by atoms with Crippen LogP contribution in [0.15, 0.2) is 12.1 Å². The van der Waals surface area contributed by atoms with Crippen molar-refractivity contribution in [3.63, 3.8) is 0 Å². The number of ether oxygens (including phenoxy) is 1. The van der Waals surface area contributed by atoms with Crippen LogP contribution < -0.4 is 4.74 Å². The van der Waals surface area contributed by atoms with E-state index in [4.69, 9.17) is 21.3 Å². The third-order valence-electron chi connectivity index (χ3n) is 4.97. The molecule has 5 heteroatoms. The summed E-state index contributed by atoms with van der Waals surface area (Å²) in [5.74, 6) is 2.46. The van der Waals surface area contributed by atoms with E-state index in [0.717, 1.165) is 29.5 Å². The Labute approximate surface area is 129 Å².